The Morgan fingerprint density at radius 1 is 1.27 bits per heavy atom. The number of thiophene rings is 1. The normalized spacial score (nSPS) is 10.7. The third-order valence-electron chi connectivity index (χ3n) is 1.92. The Balaban J connectivity index is 2.62. The van der Waals surface area contributed by atoms with Crippen LogP contribution in [0.1, 0.15) is 5.69 Å². The highest BCUT2D eigenvalue weighted by Crippen LogP contribution is 2.30. The van der Waals surface area contributed by atoms with Crippen molar-refractivity contribution in [3.63, 3.8) is 0 Å². The molecule has 0 aliphatic heterocycles. The summed E-state index contributed by atoms with van der Waals surface area (Å²) in [7, 11) is 2.63. The Hall–Kier alpha value is -0.210. The van der Waals surface area contributed by atoms with Crippen molar-refractivity contribution in [1.29, 1.82) is 0 Å². The van der Waals surface area contributed by atoms with Crippen molar-refractivity contribution in [2.45, 2.75) is 6.92 Å². The fourth-order valence-electron chi connectivity index (χ4n) is 1.18. The quantitative estimate of drug-likeness (QED) is 0.590. The maximum atomic E-state index is 5.88. The first kappa shape index (κ1) is 11.3. The van der Waals surface area contributed by atoms with Gasteiger partial charge in [0.25, 0.3) is 0 Å². The lowest BCUT2D eigenvalue weighted by molar-refractivity contribution is 1.13. The average Bonchev–Trinajstić information content (AvgIpc) is 2.58. The van der Waals surface area contributed by atoms with Crippen LogP contribution in [0.2, 0.25) is 9.62 Å². The Morgan fingerprint density at radius 2 is 2.00 bits per heavy atom. The van der Waals surface area contributed by atoms with E-state index in [1.54, 1.807) is 0 Å². The first-order valence-electron chi connectivity index (χ1n) is 4.13. The molecule has 0 aliphatic rings. The van der Waals surface area contributed by atoms with Gasteiger partial charge in [0.1, 0.15) is 0 Å². The third kappa shape index (κ3) is 2.31. The minimum absolute atomic E-state index is 0.262. The molecule has 2 heterocycles. The molecule has 2 nitrogen and oxygen atoms in total. The Labute approximate surface area is 104 Å². The third-order valence-corrected chi connectivity index (χ3v) is 4.01. The number of halogens is 2. The summed E-state index contributed by atoms with van der Waals surface area (Å²) in [4.78, 5) is 9.27. The van der Waals surface area contributed by atoms with Crippen LogP contribution in [0.25, 0.3) is 10.6 Å². The van der Waals surface area contributed by atoms with Crippen LogP contribution < -0.4 is 5.30 Å². The second kappa shape index (κ2) is 4.34. The number of nitrogens with zero attached hydrogens (tertiary/aromatic N) is 2. The van der Waals surface area contributed by atoms with E-state index in [4.69, 9.17) is 23.2 Å². The van der Waals surface area contributed by atoms with Crippen molar-refractivity contribution >= 4 is 49.1 Å². The van der Waals surface area contributed by atoms with Crippen LogP contribution in [0.3, 0.4) is 0 Å². The highest BCUT2D eigenvalue weighted by atomic mass is 35.5. The molecule has 15 heavy (non-hydrogen) atoms. The van der Waals surface area contributed by atoms with E-state index in [2.05, 4.69) is 19.2 Å². The van der Waals surface area contributed by atoms with Gasteiger partial charge in [-0.15, -0.1) is 20.6 Å². The molecule has 0 saturated carbocycles. The topological polar surface area (TPSA) is 25.8 Å². The van der Waals surface area contributed by atoms with Crippen molar-refractivity contribution < 1.29 is 0 Å². The Bertz CT molecular complexity index is 513. The van der Waals surface area contributed by atoms with Crippen molar-refractivity contribution in [1.82, 2.24) is 9.97 Å². The van der Waals surface area contributed by atoms with Gasteiger partial charge in [-0.25, -0.2) is 9.97 Å². The summed E-state index contributed by atoms with van der Waals surface area (Å²) in [6.07, 6.45) is 0. The summed E-state index contributed by atoms with van der Waals surface area (Å²) in [6, 6.07) is 3.77. The second-order valence-electron chi connectivity index (χ2n) is 2.94. The van der Waals surface area contributed by atoms with E-state index >= 15 is 0 Å². The second-order valence-corrected chi connectivity index (χ2v) is 5.57. The van der Waals surface area contributed by atoms with Crippen LogP contribution in [0.5, 0.6) is 0 Å². The lowest BCUT2D eigenvalue weighted by atomic mass is 10.3. The molecule has 2 rings (SSSR count). The van der Waals surface area contributed by atoms with E-state index in [0.717, 1.165) is 25.9 Å². The number of hydrogen-bond acceptors (Lipinski definition) is 3. The Kier molecular flexibility index (Phi) is 3.27. The van der Waals surface area contributed by atoms with Crippen LogP contribution in [0.15, 0.2) is 12.1 Å². The van der Waals surface area contributed by atoms with Crippen molar-refractivity contribution in [3.8, 4) is 10.6 Å². The molecule has 78 valence electrons. The van der Waals surface area contributed by atoms with Gasteiger partial charge in [-0.2, -0.15) is 0 Å². The van der Waals surface area contributed by atoms with Gasteiger partial charge >= 0.3 is 0 Å². The van der Waals surface area contributed by atoms with Crippen LogP contribution in [0.4, 0.5) is 0 Å². The molecule has 0 fully saturated rings. The highest BCUT2D eigenvalue weighted by Gasteiger charge is 2.11. The van der Waals surface area contributed by atoms with Gasteiger partial charge in [0, 0.05) is 5.30 Å². The largest absolute Gasteiger partial charge is 0.223 e. The van der Waals surface area contributed by atoms with Gasteiger partial charge in [0.2, 0.25) is 5.28 Å². The lowest BCUT2D eigenvalue weighted by Crippen LogP contribution is -2.07. The molecule has 0 aromatic carbocycles. The van der Waals surface area contributed by atoms with E-state index in [-0.39, 0.29) is 5.28 Å². The van der Waals surface area contributed by atoms with Crippen LogP contribution in [-0.4, -0.2) is 9.97 Å². The van der Waals surface area contributed by atoms with E-state index in [1.165, 1.54) is 11.3 Å². The molecular weight excluding hydrogens is 270 g/mol. The molecule has 0 aliphatic carbocycles. The first-order valence-corrected chi connectivity index (χ1v) is 6.28. The fraction of sp³-hybridized carbons (Fsp3) is 0.111. The monoisotopic (exact) mass is 276 g/mol. The summed E-state index contributed by atoms with van der Waals surface area (Å²) >= 11 is 13.2. The molecule has 1 atom stereocenters. The SMILES string of the molecule is Cc1nc(Cl)nc(-c2ccc(Cl)s2)c1P. The van der Waals surface area contributed by atoms with E-state index < -0.39 is 0 Å². The number of rotatable bonds is 1. The molecule has 0 N–H and O–H groups in total. The zero-order valence-corrected chi connectivity index (χ0v) is 11.3. The van der Waals surface area contributed by atoms with E-state index in [1.807, 2.05) is 19.1 Å². The molecule has 0 bridgehead atoms. The smallest absolute Gasteiger partial charge is 0.223 e. The molecule has 0 saturated heterocycles. The van der Waals surface area contributed by atoms with Gasteiger partial charge < -0.3 is 0 Å². The Morgan fingerprint density at radius 3 is 2.60 bits per heavy atom. The number of aryl methyl sites for hydroxylation is 1. The van der Waals surface area contributed by atoms with Crippen LogP contribution in [0, 0.1) is 6.92 Å². The van der Waals surface area contributed by atoms with Gasteiger partial charge in [-0.1, -0.05) is 11.6 Å². The molecule has 6 heteroatoms. The lowest BCUT2D eigenvalue weighted by Gasteiger charge is -2.04. The van der Waals surface area contributed by atoms with Gasteiger partial charge in [0.05, 0.1) is 20.6 Å². The zero-order valence-electron chi connectivity index (χ0n) is 7.79. The molecule has 2 aromatic heterocycles. The van der Waals surface area contributed by atoms with Crippen molar-refractivity contribution in [2.75, 3.05) is 0 Å². The average molecular weight is 277 g/mol. The zero-order chi connectivity index (χ0) is 11.0. The van der Waals surface area contributed by atoms with Gasteiger partial charge in [-0.05, 0) is 30.7 Å². The summed E-state index contributed by atoms with van der Waals surface area (Å²) in [6.45, 7) is 1.90. The molecular formula is C9H7Cl2N2PS. The van der Waals surface area contributed by atoms with Crippen LogP contribution in [-0.2, 0) is 0 Å². The summed E-state index contributed by atoms with van der Waals surface area (Å²) in [5, 5.41) is 1.22. The minimum Gasteiger partial charge on any atom is -0.223 e. The predicted molar refractivity (Wildman–Crippen MR) is 69.4 cm³/mol. The number of aromatic nitrogens is 2. The van der Waals surface area contributed by atoms with E-state index in [0.29, 0.717) is 0 Å². The van der Waals surface area contributed by atoms with Gasteiger partial charge in [-0.3, -0.25) is 0 Å². The molecule has 2 aromatic rings. The maximum absolute atomic E-state index is 5.88. The molecule has 1 unspecified atom stereocenters. The fourth-order valence-corrected chi connectivity index (χ4v) is 2.82. The molecule has 0 radical (unpaired) electrons. The van der Waals surface area contributed by atoms with Crippen molar-refractivity contribution in [2.24, 2.45) is 0 Å². The van der Waals surface area contributed by atoms with Crippen LogP contribution >= 0.6 is 43.8 Å². The molecule has 0 amide bonds. The predicted octanol–water partition coefficient (Wildman–Crippen LogP) is 3.32. The first-order chi connectivity index (χ1) is 7.08. The number of hydrogen-bond donors (Lipinski definition) is 0. The summed E-state index contributed by atoms with van der Waals surface area (Å²) < 4.78 is 0.738. The van der Waals surface area contributed by atoms with E-state index in [9.17, 15) is 0 Å². The molecule has 0 spiro atoms. The standard InChI is InChI=1S/C9H7Cl2N2PS/c1-4-8(14)7(13-9(11)12-4)5-2-3-6(10)15-5/h2-3H,14H2,1H3. The summed E-state index contributed by atoms with van der Waals surface area (Å²) in [5.74, 6) is 0. The summed E-state index contributed by atoms with van der Waals surface area (Å²) in [5.41, 5.74) is 1.69. The van der Waals surface area contributed by atoms with Gasteiger partial charge in [0.15, 0.2) is 0 Å². The highest BCUT2D eigenvalue weighted by molar-refractivity contribution is 7.28. The van der Waals surface area contributed by atoms with Crippen molar-refractivity contribution in [3.05, 3.63) is 27.4 Å². The minimum atomic E-state index is 0.262. The maximum Gasteiger partial charge on any atom is 0.223 e.